The van der Waals surface area contributed by atoms with E-state index >= 15 is 0 Å². The average Bonchev–Trinajstić information content (AvgIpc) is 0.722. The molecule has 0 spiro atoms. The fourth-order valence-corrected chi connectivity index (χ4v) is 0. The summed E-state index contributed by atoms with van der Waals surface area (Å²) in [5.74, 6) is 0. The van der Waals surface area contributed by atoms with Gasteiger partial charge in [-0.05, 0) is 0 Å². The summed E-state index contributed by atoms with van der Waals surface area (Å²) in [6.07, 6.45) is 0. The molecule has 8 heteroatoms. The Morgan fingerprint density at radius 3 is 1.00 bits per heavy atom. The number of rotatable bonds is 0. The van der Waals surface area contributed by atoms with Crippen LogP contribution in [0.5, 0.6) is 0 Å². The van der Waals surface area contributed by atoms with Gasteiger partial charge in [-0.25, -0.2) is 0 Å². The monoisotopic (exact) mass is 240 g/mol. The van der Waals surface area contributed by atoms with Crippen LogP contribution in [0.4, 0.5) is 0 Å². The summed E-state index contributed by atoms with van der Waals surface area (Å²) in [6.45, 7) is 0. The molecule has 0 rings (SSSR count). The van der Waals surface area contributed by atoms with Crippen LogP contribution in [-0.4, -0.2) is 34.9 Å². The first-order chi connectivity index (χ1) is 2.00. The van der Waals surface area contributed by atoms with E-state index in [1.54, 1.807) is 0 Å². The Balaban J connectivity index is -0.0000000267. The van der Waals surface area contributed by atoms with Gasteiger partial charge in [-0.15, -0.1) is 0 Å². The third-order valence-corrected chi connectivity index (χ3v) is 0. The van der Waals surface area contributed by atoms with Crippen molar-refractivity contribution in [3.63, 3.8) is 0 Å². The first kappa shape index (κ1) is 22.7. The van der Waals surface area contributed by atoms with Crippen molar-refractivity contribution in [2.24, 2.45) is 0 Å². The van der Waals surface area contributed by atoms with E-state index in [1.807, 2.05) is 0 Å². The van der Waals surface area contributed by atoms with Crippen molar-refractivity contribution in [3.8, 4) is 0 Å². The summed E-state index contributed by atoms with van der Waals surface area (Å²) in [5, 5.41) is 0. The van der Waals surface area contributed by atoms with Crippen LogP contribution in [0.3, 0.4) is 0 Å². The van der Waals surface area contributed by atoms with Gasteiger partial charge in [0.2, 0.25) is 0 Å². The van der Waals surface area contributed by atoms with E-state index < -0.39 is 10.4 Å². The zero-order valence-corrected chi connectivity index (χ0v) is 5.85. The van der Waals surface area contributed by atoms with Crippen LogP contribution in [0.15, 0.2) is 0 Å². The maximum atomic E-state index is 8.74. The van der Waals surface area contributed by atoms with Crippen molar-refractivity contribution >= 4 is 27.8 Å². The topological polar surface area (TPSA) is 74.6 Å². The van der Waals surface area contributed by atoms with Crippen molar-refractivity contribution in [2.45, 2.75) is 0 Å². The van der Waals surface area contributed by atoms with Crippen LogP contribution >= 0.6 is 0 Å². The summed E-state index contributed by atoms with van der Waals surface area (Å²) in [7, 11) is -4.67. The Morgan fingerprint density at radius 1 is 1.00 bits per heavy atom. The zero-order valence-electron chi connectivity index (χ0n) is 2.83. The molecule has 0 aromatic rings. The predicted molar refractivity (Wildman–Crippen MR) is 24.1 cm³/mol. The largest absolute Gasteiger partial charge is 0.394 e. The summed E-state index contributed by atoms with van der Waals surface area (Å²) in [5.41, 5.74) is 0. The van der Waals surface area contributed by atoms with Gasteiger partial charge in [-0.1, -0.05) is 0 Å². The van der Waals surface area contributed by atoms with Crippen LogP contribution in [0.2, 0.25) is 0 Å². The minimum atomic E-state index is -4.67. The molecule has 0 fully saturated rings. The van der Waals surface area contributed by atoms with E-state index in [1.165, 1.54) is 0 Å². The molecule has 0 aliphatic carbocycles. The molecule has 2 N–H and O–H groups in total. The van der Waals surface area contributed by atoms with Gasteiger partial charge in [0.25, 0.3) is 0 Å². The first-order valence-corrected chi connectivity index (χ1v) is 2.10. The Labute approximate surface area is 79.1 Å². The molecule has 0 radical (unpaired) electrons. The summed E-state index contributed by atoms with van der Waals surface area (Å²) < 4.78 is 31.6. The molecular weight excluding hydrogens is 235 g/mol. The molecule has 8 heavy (non-hydrogen) atoms. The van der Waals surface area contributed by atoms with E-state index in [9.17, 15) is 0 Å². The van der Waals surface area contributed by atoms with Crippen molar-refractivity contribution < 1.29 is 51.7 Å². The summed E-state index contributed by atoms with van der Waals surface area (Å²) in [6, 6.07) is 0. The Morgan fingerprint density at radius 2 is 1.00 bits per heavy atom. The molecule has 0 unspecified atom stereocenters. The quantitative estimate of drug-likeness (QED) is 0.385. The molecule has 0 aromatic carbocycles. The second-order valence-corrected chi connectivity index (χ2v) is 1.34. The Bertz CT molecular complexity index is 97.2. The van der Waals surface area contributed by atoms with Crippen molar-refractivity contribution in [3.05, 3.63) is 0 Å². The predicted octanol–water partition coefficient (Wildman–Crippen LogP) is -1.84. The fourth-order valence-electron chi connectivity index (χ4n) is 0. The summed E-state index contributed by atoms with van der Waals surface area (Å²) in [4.78, 5) is 0. The normalized spacial score (nSPS) is 7.25. The van der Waals surface area contributed by atoms with Crippen LogP contribution in [0.1, 0.15) is 0 Å². The van der Waals surface area contributed by atoms with Gasteiger partial charge in [-0.2, -0.15) is 8.42 Å². The SMILES string of the molecule is O=S(=O)(O)O.[AlH3].[Fe].[Fe]. The second-order valence-electron chi connectivity index (χ2n) is 0.448. The van der Waals surface area contributed by atoms with Crippen LogP contribution in [0.25, 0.3) is 0 Å². The van der Waals surface area contributed by atoms with Gasteiger partial charge in [0.05, 0.1) is 0 Å². The first-order valence-electron chi connectivity index (χ1n) is 0.698. The molecule has 0 heterocycles. The molecular formula is H5AlFe2O4S. The van der Waals surface area contributed by atoms with Gasteiger partial charge < -0.3 is 0 Å². The van der Waals surface area contributed by atoms with Gasteiger partial charge in [0, 0.05) is 34.1 Å². The second kappa shape index (κ2) is 8.44. The van der Waals surface area contributed by atoms with E-state index in [2.05, 4.69) is 0 Å². The number of hydrogen-bond acceptors (Lipinski definition) is 2. The minimum absolute atomic E-state index is 0. The van der Waals surface area contributed by atoms with E-state index in [0.717, 1.165) is 0 Å². The molecule has 0 amide bonds. The van der Waals surface area contributed by atoms with Gasteiger partial charge >= 0.3 is 10.4 Å². The zero-order chi connectivity index (χ0) is 4.50. The van der Waals surface area contributed by atoms with Crippen LogP contribution < -0.4 is 0 Å². The van der Waals surface area contributed by atoms with Gasteiger partial charge in [0.1, 0.15) is 0 Å². The molecule has 0 atom stereocenters. The van der Waals surface area contributed by atoms with Gasteiger partial charge in [0.15, 0.2) is 17.4 Å². The third kappa shape index (κ3) is 149. The average molecular weight is 240 g/mol. The maximum absolute atomic E-state index is 8.74. The van der Waals surface area contributed by atoms with E-state index in [0.29, 0.717) is 0 Å². The standard InChI is InChI=1S/Al.2Fe.H2O4S.3H/c;;;1-5(2,3)4;;;/h;;;(H2,1,2,3,4);;;. The molecule has 0 aromatic heterocycles. The smallest absolute Gasteiger partial charge is 0.264 e. The van der Waals surface area contributed by atoms with Crippen molar-refractivity contribution in [1.29, 1.82) is 0 Å². The van der Waals surface area contributed by atoms with Crippen molar-refractivity contribution in [2.75, 3.05) is 0 Å². The van der Waals surface area contributed by atoms with Crippen molar-refractivity contribution in [1.82, 2.24) is 0 Å². The number of hydrogen-bond donors (Lipinski definition) is 2. The van der Waals surface area contributed by atoms with E-state index in [4.69, 9.17) is 17.5 Å². The maximum Gasteiger partial charge on any atom is 0.394 e. The molecule has 0 aliphatic rings. The molecule has 0 bridgehead atoms. The molecule has 0 saturated heterocycles. The molecule has 54 valence electrons. The Hall–Kier alpha value is 1.44. The minimum Gasteiger partial charge on any atom is -0.264 e. The third-order valence-electron chi connectivity index (χ3n) is 0. The van der Waals surface area contributed by atoms with Crippen LogP contribution in [0, 0.1) is 0 Å². The molecule has 0 saturated carbocycles. The van der Waals surface area contributed by atoms with Gasteiger partial charge in [-0.3, -0.25) is 9.11 Å². The van der Waals surface area contributed by atoms with E-state index in [-0.39, 0.29) is 51.5 Å². The Kier molecular flexibility index (Phi) is 24.0. The molecule has 4 nitrogen and oxygen atoms in total. The van der Waals surface area contributed by atoms with Crippen LogP contribution in [-0.2, 0) is 44.5 Å². The molecule has 0 aliphatic heterocycles. The fraction of sp³-hybridized carbons (Fsp3) is 0. The summed E-state index contributed by atoms with van der Waals surface area (Å²) >= 11 is 0.